The van der Waals surface area contributed by atoms with E-state index in [0.717, 1.165) is 57.3 Å². The van der Waals surface area contributed by atoms with Gasteiger partial charge in [-0.15, -0.1) is 0 Å². The predicted molar refractivity (Wildman–Crippen MR) is 171 cm³/mol. The van der Waals surface area contributed by atoms with Crippen LogP contribution in [0, 0.1) is 12.8 Å². The highest BCUT2D eigenvalue weighted by atomic mass is 16.2. The Balaban J connectivity index is 0.000000972. The third kappa shape index (κ3) is 6.78. The average Bonchev–Trinajstić information content (AvgIpc) is 3.61. The molecule has 6 rings (SSSR count). The van der Waals surface area contributed by atoms with E-state index in [9.17, 15) is 9.59 Å². The van der Waals surface area contributed by atoms with E-state index in [1.807, 2.05) is 32.6 Å². The number of amides is 2. The van der Waals surface area contributed by atoms with Crippen molar-refractivity contribution in [2.45, 2.75) is 85.1 Å². The first-order valence-electron chi connectivity index (χ1n) is 16.0. The number of nitrogens with one attached hydrogen (secondary N) is 2. The van der Waals surface area contributed by atoms with E-state index in [1.54, 1.807) is 10.9 Å². The lowest BCUT2D eigenvalue weighted by molar-refractivity contribution is -0.120. The van der Waals surface area contributed by atoms with Crippen molar-refractivity contribution in [1.82, 2.24) is 20.0 Å². The van der Waals surface area contributed by atoms with Gasteiger partial charge < -0.3 is 15.5 Å². The van der Waals surface area contributed by atoms with Gasteiger partial charge in [-0.1, -0.05) is 81.8 Å². The van der Waals surface area contributed by atoms with Crippen LogP contribution >= 0.6 is 0 Å². The third-order valence-electron chi connectivity index (χ3n) is 8.90. The van der Waals surface area contributed by atoms with E-state index in [0.29, 0.717) is 24.5 Å². The minimum Gasteiger partial charge on any atom is -0.338 e. The number of nitrogens with zero attached hydrogens (tertiary/aromatic N) is 3. The highest BCUT2D eigenvalue weighted by Crippen LogP contribution is 2.46. The molecular formula is C35H49N5O2. The normalized spacial score (nSPS) is 18.7. The summed E-state index contributed by atoms with van der Waals surface area (Å²) in [4.78, 5) is 29.0. The number of rotatable bonds is 5. The van der Waals surface area contributed by atoms with Crippen LogP contribution in [0.4, 0.5) is 5.82 Å². The van der Waals surface area contributed by atoms with Crippen molar-refractivity contribution in [3.8, 4) is 0 Å². The van der Waals surface area contributed by atoms with Crippen LogP contribution in [0.25, 0.3) is 0 Å². The number of fused-ring (bicyclic) bond motifs is 2. The Morgan fingerprint density at radius 3 is 2.40 bits per heavy atom. The highest BCUT2D eigenvalue weighted by molar-refractivity contribution is 6.03. The molecule has 2 amide bonds. The summed E-state index contributed by atoms with van der Waals surface area (Å²) in [7, 11) is 0. The lowest BCUT2D eigenvalue weighted by Crippen LogP contribution is -2.44. The van der Waals surface area contributed by atoms with Crippen molar-refractivity contribution in [2.24, 2.45) is 5.92 Å². The molecule has 2 fully saturated rings. The number of anilines is 1. The molecule has 3 heterocycles. The lowest BCUT2D eigenvalue weighted by Gasteiger charge is -2.40. The van der Waals surface area contributed by atoms with Crippen molar-refractivity contribution < 1.29 is 9.59 Å². The van der Waals surface area contributed by atoms with Gasteiger partial charge in [-0.2, -0.15) is 5.10 Å². The van der Waals surface area contributed by atoms with Gasteiger partial charge in [-0.05, 0) is 74.1 Å². The molecule has 7 nitrogen and oxygen atoms in total. The summed E-state index contributed by atoms with van der Waals surface area (Å²) in [6.07, 6.45) is 7.71. The molecule has 2 aliphatic heterocycles. The average molecular weight is 572 g/mol. The van der Waals surface area contributed by atoms with Gasteiger partial charge in [0.05, 0.1) is 18.7 Å². The Hall–Kier alpha value is -3.45. The number of carbonyl (C=O) groups is 2. The zero-order valence-corrected chi connectivity index (χ0v) is 26.2. The number of aryl methyl sites for hydroxylation is 2. The fourth-order valence-electron chi connectivity index (χ4n) is 6.55. The Labute approximate surface area is 252 Å². The van der Waals surface area contributed by atoms with Crippen LogP contribution in [-0.4, -0.2) is 52.7 Å². The largest absolute Gasteiger partial charge is 0.338 e. The quantitative estimate of drug-likeness (QED) is 0.374. The number of benzene rings is 2. The fraction of sp³-hybridized carbons (Fsp3) is 0.514. The first-order chi connectivity index (χ1) is 20.5. The molecule has 0 radical (unpaired) electrons. The first kappa shape index (κ1) is 31.5. The van der Waals surface area contributed by atoms with Crippen LogP contribution in [0.2, 0.25) is 0 Å². The Morgan fingerprint density at radius 1 is 1.00 bits per heavy atom. The maximum absolute atomic E-state index is 13.8. The molecule has 2 aromatic carbocycles. The summed E-state index contributed by atoms with van der Waals surface area (Å²) in [5.41, 5.74) is 5.88. The number of likely N-dealkylation sites (tertiary alicyclic amines) is 1. The first-order valence-corrected chi connectivity index (χ1v) is 16.0. The maximum atomic E-state index is 13.8. The second-order valence-corrected chi connectivity index (χ2v) is 11.3. The van der Waals surface area contributed by atoms with Crippen molar-refractivity contribution in [1.29, 1.82) is 0 Å². The molecule has 1 aliphatic carbocycles. The van der Waals surface area contributed by atoms with Gasteiger partial charge in [0, 0.05) is 19.6 Å². The fourth-order valence-corrected chi connectivity index (χ4v) is 6.55. The van der Waals surface area contributed by atoms with E-state index in [2.05, 4.69) is 71.2 Å². The summed E-state index contributed by atoms with van der Waals surface area (Å²) >= 11 is 0. The van der Waals surface area contributed by atoms with Crippen LogP contribution in [0.3, 0.4) is 0 Å². The van der Waals surface area contributed by atoms with Crippen molar-refractivity contribution in [3.05, 3.63) is 82.5 Å². The SMILES string of the molecule is CC.CC.Cc1ccc(Cn2ncc(C(=O)N3CCC4(CCc5ccccc54)CC3)c2NC(=O)C2CCCNC2)cc1. The summed E-state index contributed by atoms with van der Waals surface area (Å²) in [6, 6.07) is 17.1. The van der Waals surface area contributed by atoms with Gasteiger partial charge in [-0.3, -0.25) is 9.59 Å². The molecule has 1 unspecified atom stereocenters. The topological polar surface area (TPSA) is 79.3 Å². The van der Waals surface area contributed by atoms with E-state index >= 15 is 0 Å². The second-order valence-electron chi connectivity index (χ2n) is 11.3. The number of hydrogen-bond acceptors (Lipinski definition) is 4. The molecule has 0 saturated carbocycles. The van der Waals surface area contributed by atoms with E-state index in [1.165, 1.54) is 23.1 Å². The molecule has 3 aromatic rings. The van der Waals surface area contributed by atoms with Gasteiger partial charge in [0.1, 0.15) is 11.4 Å². The monoisotopic (exact) mass is 571 g/mol. The Kier molecular flexibility index (Phi) is 11.0. The van der Waals surface area contributed by atoms with Crippen molar-refractivity contribution in [2.75, 3.05) is 31.5 Å². The van der Waals surface area contributed by atoms with Crippen LogP contribution in [0.5, 0.6) is 0 Å². The van der Waals surface area contributed by atoms with Crippen molar-refractivity contribution >= 4 is 17.6 Å². The molecule has 42 heavy (non-hydrogen) atoms. The number of piperidine rings is 2. The Morgan fingerprint density at radius 2 is 1.71 bits per heavy atom. The number of carbonyl (C=O) groups excluding carboxylic acids is 2. The van der Waals surface area contributed by atoms with E-state index < -0.39 is 0 Å². The number of hydrogen-bond donors (Lipinski definition) is 2. The molecule has 1 spiro atoms. The van der Waals surface area contributed by atoms with Gasteiger partial charge >= 0.3 is 0 Å². The molecule has 2 saturated heterocycles. The third-order valence-corrected chi connectivity index (χ3v) is 8.90. The van der Waals surface area contributed by atoms with E-state index in [-0.39, 0.29) is 23.1 Å². The van der Waals surface area contributed by atoms with Gasteiger partial charge in [-0.25, -0.2) is 4.68 Å². The van der Waals surface area contributed by atoms with E-state index in [4.69, 9.17) is 0 Å². The van der Waals surface area contributed by atoms with Gasteiger partial charge in [0.2, 0.25) is 5.91 Å². The predicted octanol–water partition coefficient (Wildman–Crippen LogP) is 6.35. The number of aromatic nitrogens is 2. The van der Waals surface area contributed by atoms with Gasteiger partial charge in [0.15, 0.2) is 0 Å². The second kappa shape index (κ2) is 14.6. The molecule has 3 aliphatic rings. The van der Waals surface area contributed by atoms with Crippen LogP contribution < -0.4 is 10.6 Å². The Bertz CT molecular complexity index is 1320. The molecule has 7 heteroatoms. The molecule has 226 valence electrons. The molecule has 2 N–H and O–H groups in total. The maximum Gasteiger partial charge on any atom is 0.259 e. The molecule has 1 aromatic heterocycles. The lowest BCUT2D eigenvalue weighted by atomic mass is 9.74. The molecule has 1 atom stereocenters. The summed E-state index contributed by atoms with van der Waals surface area (Å²) in [5, 5.41) is 11.0. The van der Waals surface area contributed by atoms with Crippen LogP contribution in [0.15, 0.2) is 54.7 Å². The summed E-state index contributed by atoms with van der Waals surface area (Å²) in [5.74, 6) is 0.319. The standard InChI is InChI=1S/C31H37N5O2.2C2H6/c1-22-8-10-23(11-9-22)21-36-28(34-29(37)25-6-4-16-32-19-25)26(20-33-36)30(38)35-17-14-31(15-18-35)13-12-24-5-2-3-7-27(24)31;2*1-2/h2-3,5,7-11,20,25,32H,4,6,12-19,21H2,1H3,(H,34,37);2*1-2H3. The van der Waals surface area contributed by atoms with Gasteiger partial charge in [0.25, 0.3) is 5.91 Å². The minimum absolute atomic E-state index is 0.0432. The van der Waals surface area contributed by atoms with Crippen molar-refractivity contribution in [3.63, 3.8) is 0 Å². The molecular weight excluding hydrogens is 522 g/mol. The molecule has 0 bridgehead atoms. The summed E-state index contributed by atoms with van der Waals surface area (Å²) in [6.45, 7) is 13.6. The summed E-state index contributed by atoms with van der Waals surface area (Å²) < 4.78 is 1.77. The minimum atomic E-state index is -0.105. The smallest absolute Gasteiger partial charge is 0.259 e. The zero-order valence-electron chi connectivity index (χ0n) is 26.2. The van der Waals surface area contributed by atoms with Crippen LogP contribution in [-0.2, 0) is 23.2 Å². The van der Waals surface area contributed by atoms with Crippen LogP contribution in [0.1, 0.15) is 92.4 Å². The highest BCUT2D eigenvalue weighted by Gasteiger charge is 2.42. The zero-order chi connectivity index (χ0) is 30.1.